The third kappa shape index (κ3) is 2.32. The van der Waals surface area contributed by atoms with Gasteiger partial charge in [-0.25, -0.2) is 0 Å². The minimum Gasteiger partial charge on any atom is -0.491 e. The highest BCUT2D eigenvalue weighted by atomic mass is 16.5. The van der Waals surface area contributed by atoms with Gasteiger partial charge in [0, 0.05) is 12.1 Å². The molecule has 0 saturated heterocycles. The molecule has 1 atom stereocenters. The molecule has 0 aromatic heterocycles. The Morgan fingerprint density at radius 2 is 2.16 bits per heavy atom. The number of nitrogens with two attached hydrogens (primary N) is 1. The summed E-state index contributed by atoms with van der Waals surface area (Å²) < 4.78 is 5.68. The number of amides is 1. The predicted molar refractivity (Wildman–Crippen MR) is 72.7 cm³/mol. The van der Waals surface area contributed by atoms with E-state index in [-0.39, 0.29) is 5.91 Å². The molecule has 19 heavy (non-hydrogen) atoms. The highest BCUT2D eigenvalue weighted by molar-refractivity contribution is 5.86. The summed E-state index contributed by atoms with van der Waals surface area (Å²) in [7, 11) is 0. The molecule has 0 bridgehead atoms. The fraction of sp³-hybridized carbons (Fsp3) is 0.533. The molecule has 0 radical (unpaired) electrons. The topological polar surface area (TPSA) is 55.6 Å². The molecule has 1 aromatic rings. The Bertz CT molecular complexity index is 495. The first-order valence-corrected chi connectivity index (χ1v) is 6.88. The van der Waals surface area contributed by atoms with Crippen molar-refractivity contribution in [1.29, 1.82) is 0 Å². The Kier molecular flexibility index (Phi) is 2.97. The van der Waals surface area contributed by atoms with Crippen LogP contribution in [0, 0.1) is 5.92 Å². The minimum absolute atomic E-state index is 0.0512. The Labute approximate surface area is 113 Å². The Hall–Kier alpha value is -1.55. The molecule has 1 saturated carbocycles. The molecule has 0 spiro atoms. The number of ether oxygens (including phenoxy) is 1. The molecule has 1 aliphatic heterocycles. The van der Waals surface area contributed by atoms with E-state index in [9.17, 15) is 4.79 Å². The second-order valence-corrected chi connectivity index (χ2v) is 5.74. The summed E-state index contributed by atoms with van der Waals surface area (Å²) in [5.41, 5.74) is 6.57. The molecule has 4 heteroatoms. The van der Waals surface area contributed by atoms with Crippen molar-refractivity contribution in [3.8, 4) is 5.75 Å². The van der Waals surface area contributed by atoms with Gasteiger partial charge in [0.15, 0.2) is 0 Å². The summed E-state index contributed by atoms with van der Waals surface area (Å²) in [4.78, 5) is 14.4. The van der Waals surface area contributed by atoms with Crippen LogP contribution in [0.1, 0.15) is 25.3 Å². The van der Waals surface area contributed by atoms with Gasteiger partial charge in [-0.15, -0.1) is 0 Å². The lowest BCUT2D eigenvalue weighted by atomic mass is 9.95. The third-order valence-electron chi connectivity index (χ3n) is 4.13. The number of carbonyl (C=O) groups excluding carboxylic acids is 1. The zero-order valence-corrected chi connectivity index (χ0v) is 11.3. The van der Waals surface area contributed by atoms with Crippen LogP contribution in [0.5, 0.6) is 5.75 Å². The number of nitrogens with zero attached hydrogens (tertiary/aromatic N) is 1. The largest absolute Gasteiger partial charge is 0.491 e. The van der Waals surface area contributed by atoms with Gasteiger partial charge < -0.3 is 15.4 Å². The van der Waals surface area contributed by atoms with Gasteiger partial charge in [-0.1, -0.05) is 18.2 Å². The first kappa shape index (κ1) is 12.5. The Morgan fingerprint density at radius 1 is 1.42 bits per heavy atom. The highest BCUT2D eigenvalue weighted by Gasteiger charge is 2.46. The van der Waals surface area contributed by atoms with E-state index < -0.39 is 5.54 Å². The lowest BCUT2D eigenvalue weighted by molar-refractivity contribution is -0.138. The molecule has 2 N–H and O–H groups in total. The second kappa shape index (κ2) is 4.53. The second-order valence-electron chi connectivity index (χ2n) is 5.74. The van der Waals surface area contributed by atoms with Crippen LogP contribution in [0.4, 0.5) is 0 Å². The van der Waals surface area contributed by atoms with Gasteiger partial charge in [-0.3, -0.25) is 4.79 Å². The molecule has 1 aromatic carbocycles. The maximum absolute atomic E-state index is 12.6. The van der Waals surface area contributed by atoms with Crippen LogP contribution in [-0.2, 0) is 11.3 Å². The van der Waals surface area contributed by atoms with Gasteiger partial charge in [-0.05, 0) is 31.7 Å². The van der Waals surface area contributed by atoms with Crippen molar-refractivity contribution in [2.24, 2.45) is 11.7 Å². The summed E-state index contributed by atoms with van der Waals surface area (Å²) in [5.74, 6) is 1.28. The number of fused-ring (bicyclic) bond motifs is 1. The van der Waals surface area contributed by atoms with Crippen LogP contribution in [-0.4, -0.2) is 29.5 Å². The van der Waals surface area contributed by atoms with E-state index in [0.717, 1.165) is 24.2 Å². The van der Waals surface area contributed by atoms with Crippen molar-refractivity contribution >= 4 is 5.91 Å². The lowest BCUT2D eigenvalue weighted by Gasteiger charge is -2.30. The standard InChI is InChI=1S/C15H20N2O2/c1-15(16,12-6-7-12)14(18)17-8-9-19-13-5-3-2-4-11(13)10-17/h2-5,12H,6-10,16H2,1H3. The van der Waals surface area contributed by atoms with Gasteiger partial charge in [0.05, 0.1) is 12.1 Å². The van der Waals surface area contributed by atoms with Crippen molar-refractivity contribution in [3.05, 3.63) is 29.8 Å². The average molecular weight is 260 g/mol. The summed E-state index contributed by atoms with van der Waals surface area (Å²) in [6.45, 7) is 3.59. The summed E-state index contributed by atoms with van der Waals surface area (Å²) in [6.07, 6.45) is 2.14. The van der Waals surface area contributed by atoms with Crippen molar-refractivity contribution in [2.45, 2.75) is 31.8 Å². The summed E-state index contributed by atoms with van der Waals surface area (Å²) >= 11 is 0. The van der Waals surface area contributed by atoms with Gasteiger partial charge in [0.25, 0.3) is 0 Å². The molecular formula is C15H20N2O2. The predicted octanol–water partition coefficient (Wildman–Crippen LogP) is 1.53. The van der Waals surface area contributed by atoms with Crippen molar-refractivity contribution < 1.29 is 9.53 Å². The number of hydrogen-bond donors (Lipinski definition) is 1. The summed E-state index contributed by atoms with van der Waals surface area (Å²) in [5, 5.41) is 0. The maximum Gasteiger partial charge on any atom is 0.243 e. The molecule has 2 aliphatic rings. The van der Waals surface area contributed by atoms with E-state index in [2.05, 4.69) is 0 Å². The van der Waals surface area contributed by atoms with E-state index in [1.807, 2.05) is 36.1 Å². The zero-order chi connectivity index (χ0) is 13.5. The average Bonchev–Trinajstić information content (AvgIpc) is 3.23. The molecule has 4 nitrogen and oxygen atoms in total. The Morgan fingerprint density at radius 3 is 2.89 bits per heavy atom. The van der Waals surface area contributed by atoms with Crippen LogP contribution in [0.15, 0.2) is 24.3 Å². The highest BCUT2D eigenvalue weighted by Crippen LogP contribution is 2.39. The first-order valence-electron chi connectivity index (χ1n) is 6.88. The van der Waals surface area contributed by atoms with E-state index in [4.69, 9.17) is 10.5 Å². The van der Waals surface area contributed by atoms with Crippen LogP contribution < -0.4 is 10.5 Å². The SMILES string of the molecule is CC(N)(C(=O)N1CCOc2ccccc2C1)C1CC1. The van der Waals surface area contributed by atoms with Crippen molar-refractivity contribution in [3.63, 3.8) is 0 Å². The molecule has 1 heterocycles. The molecular weight excluding hydrogens is 240 g/mol. The molecule has 1 unspecified atom stereocenters. The zero-order valence-electron chi connectivity index (χ0n) is 11.3. The van der Waals surface area contributed by atoms with E-state index in [1.165, 1.54) is 0 Å². The third-order valence-corrected chi connectivity index (χ3v) is 4.13. The van der Waals surface area contributed by atoms with Crippen molar-refractivity contribution in [2.75, 3.05) is 13.2 Å². The van der Waals surface area contributed by atoms with Crippen LogP contribution >= 0.6 is 0 Å². The number of hydrogen-bond acceptors (Lipinski definition) is 3. The van der Waals surface area contributed by atoms with E-state index >= 15 is 0 Å². The quantitative estimate of drug-likeness (QED) is 0.877. The van der Waals surface area contributed by atoms with Crippen LogP contribution in [0.25, 0.3) is 0 Å². The molecule has 102 valence electrons. The van der Waals surface area contributed by atoms with Gasteiger partial charge in [-0.2, -0.15) is 0 Å². The first-order chi connectivity index (χ1) is 9.09. The molecule has 1 fully saturated rings. The maximum atomic E-state index is 12.6. The van der Waals surface area contributed by atoms with E-state index in [0.29, 0.717) is 25.6 Å². The van der Waals surface area contributed by atoms with Crippen LogP contribution in [0.3, 0.4) is 0 Å². The Balaban J connectivity index is 1.80. The number of carbonyl (C=O) groups is 1. The smallest absolute Gasteiger partial charge is 0.243 e. The minimum atomic E-state index is -0.723. The van der Waals surface area contributed by atoms with Gasteiger partial charge in [0.1, 0.15) is 12.4 Å². The van der Waals surface area contributed by atoms with E-state index in [1.54, 1.807) is 0 Å². The summed E-state index contributed by atoms with van der Waals surface area (Å²) in [6, 6.07) is 7.88. The number of para-hydroxylation sites is 1. The normalized spacial score (nSPS) is 21.9. The fourth-order valence-electron chi connectivity index (χ4n) is 2.70. The molecule has 3 rings (SSSR count). The monoisotopic (exact) mass is 260 g/mol. The number of benzene rings is 1. The van der Waals surface area contributed by atoms with Crippen LogP contribution in [0.2, 0.25) is 0 Å². The molecule has 1 amide bonds. The number of rotatable bonds is 2. The lowest BCUT2D eigenvalue weighted by Crippen LogP contribution is -2.55. The van der Waals surface area contributed by atoms with Gasteiger partial charge in [0.2, 0.25) is 5.91 Å². The van der Waals surface area contributed by atoms with Crippen molar-refractivity contribution in [1.82, 2.24) is 4.90 Å². The molecule has 1 aliphatic carbocycles. The fourth-order valence-corrected chi connectivity index (χ4v) is 2.70. The van der Waals surface area contributed by atoms with Gasteiger partial charge >= 0.3 is 0 Å².